The van der Waals surface area contributed by atoms with E-state index in [1.807, 2.05) is 0 Å². The summed E-state index contributed by atoms with van der Waals surface area (Å²) in [7, 11) is 1.47. The number of hydrogen-bond acceptors (Lipinski definition) is 5. The van der Waals surface area contributed by atoms with E-state index >= 15 is 0 Å². The summed E-state index contributed by atoms with van der Waals surface area (Å²) in [6, 6.07) is 9.47. The fraction of sp³-hybridized carbons (Fsp3) is 0.300. The molecule has 29 heavy (non-hydrogen) atoms. The lowest BCUT2D eigenvalue weighted by molar-refractivity contribution is -0.137. The van der Waals surface area contributed by atoms with E-state index < -0.39 is 17.3 Å². The highest BCUT2D eigenvalue weighted by atomic mass is 19.4. The number of hydrogen-bond donors (Lipinski definition) is 0. The van der Waals surface area contributed by atoms with Gasteiger partial charge in [-0.2, -0.15) is 13.2 Å². The molecule has 3 rings (SSSR count). The SMILES string of the molecule is COc1ccc2nnn(CC(=O)C[C@@H](C)c3ccc(C(F)(F)F)cc3)c(=O)c2c1. The Morgan fingerprint density at radius 2 is 1.86 bits per heavy atom. The number of nitrogens with zero attached hydrogens (tertiary/aromatic N) is 3. The van der Waals surface area contributed by atoms with Gasteiger partial charge in [0.1, 0.15) is 17.8 Å². The first kappa shape index (κ1) is 20.5. The van der Waals surface area contributed by atoms with Gasteiger partial charge in [-0.3, -0.25) is 9.59 Å². The highest BCUT2D eigenvalue weighted by Crippen LogP contribution is 2.30. The summed E-state index contributed by atoms with van der Waals surface area (Å²) in [6.07, 6.45) is -4.36. The zero-order chi connectivity index (χ0) is 21.2. The Morgan fingerprint density at radius 3 is 2.48 bits per heavy atom. The van der Waals surface area contributed by atoms with Crippen LogP contribution in [0.3, 0.4) is 0 Å². The monoisotopic (exact) mass is 405 g/mol. The van der Waals surface area contributed by atoms with Gasteiger partial charge in [0.2, 0.25) is 0 Å². The number of alkyl halides is 3. The maximum Gasteiger partial charge on any atom is 0.416 e. The highest BCUT2D eigenvalue weighted by molar-refractivity contribution is 5.81. The van der Waals surface area contributed by atoms with E-state index in [2.05, 4.69) is 10.3 Å². The Labute approximate surface area is 163 Å². The molecule has 3 aromatic rings. The molecule has 0 spiro atoms. The van der Waals surface area contributed by atoms with Crippen LogP contribution in [0.15, 0.2) is 47.3 Å². The summed E-state index contributed by atoms with van der Waals surface area (Å²) in [5, 5.41) is 8.01. The molecule has 0 amide bonds. The van der Waals surface area contributed by atoms with Gasteiger partial charge >= 0.3 is 6.18 Å². The lowest BCUT2D eigenvalue weighted by Crippen LogP contribution is -2.28. The number of carbonyl (C=O) groups excluding carboxylic acids is 1. The molecule has 0 saturated carbocycles. The second-order valence-corrected chi connectivity index (χ2v) is 6.70. The molecule has 0 bridgehead atoms. The second kappa shape index (κ2) is 8.02. The van der Waals surface area contributed by atoms with Gasteiger partial charge in [0.15, 0.2) is 5.78 Å². The third kappa shape index (κ3) is 4.61. The van der Waals surface area contributed by atoms with Gasteiger partial charge in [0.05, 0.1) is 18.1 Å². The minimum Gasteiger partial charge on any atom is -0.497 e. The summed E-state index contributed by atoms with van der Waals surface area (Å²) in [5.74, 6) is -0.110. The van der Waals surface area contributed by atoms with Crippen LogP contribution in [0, 0.1) is 0 Å². The summed E-state index contributed by atoms with van der Waals surface area (Å²) in [4.78, 5) is 25.0. The van der Waals surface area contributed by atoms with Crippen molar-refractivity contribution < 1.29 is 22.7 Å². The van der Waals surface area contributed by atoms with E-state index in [9.17, 15) is 22.8 Å². The Hall–Kier alpha value is -3.23. The van der Waals surface area contributed by atoms with Crippen LogP contribution in [0.1, 0.15) is 30.4 Å². The van der Waals surface area contributed by atoms with Crippen molar-refractivity contribution >= 4 is 16.7 Å². The summed E-state index contributed by atoms with van der Waals surface area (Å²) < 4.78 is 44.1. The fourth-order valence-electron chi connectivity index (χ4n) is 2.98. The minimum absolute atomic E-state index is 0.0512. The highest BCUT2D eigenvalue weighted by Gasteiger charge is 2.30. The molecule has 0 aliphatic carbocycles. The molecular weight excluding hydrogens is 387 g/mol. The van der Waals surface area contributed by atoms with Crippen molar-refractivity contribution in [2.45, 2.75) is 32.0 Å². The van der Waals surface area contributed by atoms with E-state index in [1.54, 1.807) is 19.1 Å². The summed E-state index contributed by atoms with van der Waals surface area (Å²) >= 11 is 0. The first-order valence-electron chi connectivity index (χ1n) is 8.79. The predicted octanol–water partition coefficient (Wildman–Crippen LogP) is 3.58. The van der Waals surface area contributed by atoms with E-state index in [-0.39, 0.29) is 30.1 Å². The molecule has 1 aromatic heterocycles. The number of methoxy groups -OCH3 is 1. The fourth-order valence-corrected chi connectivity index (χ4v) is 2.98. The quantitative estimate of drug-likeness (QED) is 0.627. The van der Waals surface area contributed by atoms with Crippen molar-refractivity contribution in [3.63, 3.8) is 0 Å². The van der Waals surface area contributed by atoms with E-state index in [1.165, 1.54) is 25.3 Å². The Balaban J connectivity index is 1.73. The topological polar surface area (TPSA) is 74.1 Å². The number of halogens is 3. The molecule has 152 valence electrons. The zero-order valence-corrected chi connectivity index (χ0v) is 15.7. The Kier molecular flexibility index (Phi) is 5.67. The van der Waals surface area contributed by atoms with Crippen LogP contribution in [0.25, 0.3) is 10.9 Å². The standard InChI is InChI=1S/C20H18F3N3O3/c1-12(13-3-5-14(6-4-13)20(21,22)23)9-15(27)11-26-19(28)17-10-16(29-2)7-8-18(17)24-25-26/h3-8,10,12H,9,11H2,1-2H3/t12-/m1/s1. The summed E-state index contributed by atoms with van der Waals surface area (Å²) in [6.45, 7) is 1.46. The van der Waals surface area contributed by atoms with Gasteiger partial charge in [-0.1, -0.05) is 24.3 Å². The van der Waals surface area contributed by atoms with Crippen molar-refractivity contribution in [2.75, 3.05) is 7.11 Å². The lowest BCUT2D eigenvalue weighted by Gasteiger charge is -2.13. The number of carbonyl (C=O) groups is 1. The minimum atomic E-state index is -4.41. The number of benzene rings is 2. The predicted molar refractivity (Wildman–Crippen MR) is 99.8 cm³/mol. The average Bonchev–Trinajstić information content (AvgIpc) is 2.69. The third-order valence-corrected chi connectivity index (χ3v) is 4.60. The lowest BCUT2D eigenvalue weighted by atomic mass is 9.95. The van der Waals surface area contributed by atoms with Crippen LogP contribution < -0.4 is 10.3 Å². The zero-order valence-electron chi connectivity index (χ0n) is 15.7. The number of Topliss-reactive ketones (excluding diaryl/α,β-unsaturated/α-hetero) is 1. The van der Waals surface area contributed by atoms with Crippen LogP contribution >= 0.6 is 0 Å². The number of ether oxygens (including phenoxy) is 1. The van der Waals surface area contributed by atoms with Crippen molar-refractivity contribution in [1.29, 1.82) is 0 Å². The Bertz CT molecular complexity index is 1090. The van der Waals surface area contributed by atoms with E-state index in [4.69, 9.17) is 4.74 Å². The molecular formula is C20H18F3N3O3. The van der Waals surface area contributed by atoms with Gasteiger partial charge in [0.25, 0.3) is 5.56 Å². The van der Waals surface area contributed by atoms with Gasteiger partial charge in [-0.15, -0.1) is 5.10 Å². The molecule has 0 unspecified atom stereocenters. The molecule has 0 N–H and O–H groups in total. The summed E-state index contributed by atoms with van der Waals surface area (Å²) in [5.41, 5.74) is -0.219. The first-order valence-corrected chi connectivity index (χ1v) is 8.79. The van der Waals surface area contributed by atoms with Gasteiger partial charge < -0.3 is 4.74 Å². The van der Waals surface area contributed by atoms with Crippen molar-refractivity contribution in [3.8, 4) is 5.75 Å². The number of fused-ring (bicyclic) bond motifs is 1. The molecule has 6 nitrogen and oxygen atoms in total. The molecule has 0 saturated heterocycles. The molecule has 1 heterocycles. The molecule has 9 heteroatoms. The van der Waals surface area contributed by atoms with Gasteiger partial charge in [-0.25, -0.2) is 4.68 Å². The molecule has 2 aromatic carbocycles. The maximum atomic E-state index is 12.7. The van der Waals surface area contributed by atoms with E-state index in [0.717, 1.165) is 16.8 Å². The smallest absolute Gasteiger partial charge is 0.416 e. The molecule has 1 atom stereocenters. The van der Waals surface area contributed by atoms with Gasteiger partial charge in [0, 0.05) is 6.42 Å². The van der Waals surface area contributed by atoms with Gasteiger partial charge in [-0.05, 0) is 41.8 Å². The van der Waals surface area contributed by atoms with Crippen molar-refractivity contribution in [1.82, 2.24) is 15.0 Å². The average molecular weight is 405 g/mol. The number of rotatable bonds is 6. The largest absolute Gasteiger partial charge is 0.497 e. The van der Waals surface area contributed by atoms with Crippen LogP contribution in [-0.2, 0) is 17.5 Å². The molecule has 0 aliphatic heterocycles. The first-order chi connectivity index (χ1) is 13.7. The van der Waals surface area contributed by atoms with Crippen molar-refractivity contribution in [3.05, 3.63) is 63.9 Å². The Morgan fingerprint density at radius 1 is 1.17 bits per heavy atom. The second-order valence-electron chi connectivity index (χ2n) is 6.70. The van der Waals surface area contributed by atoms with Crippen LogP contribution in [-0.4, -0.2) is 27.9 Å². The third-order valence-electron chi connectivity index (χ3n) is 4.60. The number of ketones is 1. The van der Waals surface area contributed by atoms with Crippen LogP contribution in [0.2, 0.25) is 0 Å². The maximum absolute atomic E-state index is 12.7. The van der Waals surface area contributed by atoms with Crippen LogP contribution in [0.4, 0.5) is 13.2 Å². The van der Waals surface area contributed by atoms with Crippen molar-refractivity contribution in [2.24, 2.45) is 0 Å². The molecule has 0 radical (unpaired) electrons. The van der Waals surface area contributed by atoms with E-state index in [0.29, 0.717) is 16.8 Å². The molecule has 0 fully saturated rings. The molecule has 0 aliphatic rings. The number of aromatic nitrogens is 3. The normalized spacial score (nSPS) is 12.7. The van der Waals surface area contributed by atoms with Crippen LogP contribution in [0.5, 0.6) is 5.75 Å².